The third-order valence-corrected chi connectivity index (χ3v) is 11.7. The molecule has 0 aliphatic carbocycles. The van der Waals surface area contributed by atoms with Crippen LogP contribution in [0, 0.1) is 19.8 Å². The second kappa shape index (κ2) is 14.9. The van der Waals surface area contributed by atoms with Gasteiger partial charge in [0.2, 0.25) is 0 Å². The lowest BCUT2D eigenvalue weighted by atomic mass is 9.93. The maximum absolute atomic E-state index is 13.8. The normalized spacial score (nSPS) is 15.2. The van der Waals surface area contributed by atoms with E-state index in [1.807, 2.05) is 13.0 Å². The highest BCUT2D eigenvalue weighted by Gasteiger charge is 2.38. The van der Waals surface area contributed by atoms with Gasteiger partial charge in [0, 0.05) is 16.3 Å². The third kappa shape index (κ3) is 8.07. The highest BCUT2D eigenvalue weighted by atomic mass is 32.2. The van der Waals surface area contributed by atoms with Gasteiger partial charge in [0.05, 0.1) is 15.4 Å². The first kappa shape index (κ1) is 29.7. The fraction of sp³-hybridized carbons (Fsp3) is 0.733. The van der Waals surface area contributed by atoms with Crippen LogP contribution in [0.3, 0.4) is 0 Å². The summed E-state index contributed by atoms with van der Waals surface area (Å²) in [5, 5.41) is 0. The Kier molecular flexibility index (Phi) is 12.3. The predicted molar refractivity (Wildman–Crippen MR) is 160 cm³/mol. The second-order valence-electron chi connectivity index (χ2n) is 10.8. The van der Waals surface area contributed by atoms with Gasteiger partial charge in [0.25, 0.3) is 10.0 Å². The van der Waals surface area contributed by atoms with Crippen molar-refractivity contribution in [2.24, 2.45) is 5.92 Å². The van der Waals surface area contributed by atoms with Crippen LogP contribution in [0.1, 0.15) is 126 Å². The van der Waals surface area contributed by atoms with E-state index in [2.05, 4.69) is 26.8 Å². The highest BCUT2D eigenvalue weighted by molar-refractivity contribution is 7.93. The van der Waals surface area contributed by atoms with Gasteiger partial charge in [-0.15, -0.1) is 22.7 Å². The van der Waals surface area contributed by atoms with Gasteiger partial charge in [-0.25, -0.2) is 8.42 Å². The number of aryl methyl sites for hydroxylation is 2. The number of sulfonamides is 1. The maximum atomic E-state index is 13.8. The summed E-state index contributed by atoms with van der Waals surface area (Å²) in [7, 11) is -3.50. The van der Waals surface area contributed by atoms with Crippen LogP contribution >= 0.6 is 22.7 Å². The van der Waals surface area contributed by atoms with E-state index >= 15 is 0 Å². The van der Waals surface area contributed by atoms with Crippen molar-refractivity contribution in [3.05, 3.63) is 21.9 Å². The molecule has 1 aliphatic rings. The summed E-state index contributed by atoms with van der Waals surface area (Å²) in [4.78, 5) is 4.90. The minimum absolute atomic E-state index is 0.431. The van der Waals surface area contributed by atoms with E-state index in [0.717, 1.165) is 33.2 Å². The van der Waals surface area contributed by atoms with Gasteiger partial charge in [-0.3, -0.25) is 4.31 Å². The summed E-state index contributed by atoms with van der Waals surface area (Å²) in [6.07, 6.45) is 20.6. The van der Waals surface area contributed by atoms with Gasteiger partial charge in [0.15, 0.2) is 0 Å². The fourth-order valence-electron chi connectivity index (χ4n) is 5.48. The van der Waals surface area contributed by atoms with Gasteiger partial charge in [-0.05, 0) is 44.7 Å². The van der Waals surface area contributed by atoms with E-state index in [1.54, 1.807) is 27.0 Å². The predicted octanol–water partition coefficient (Wildman–Crippen LogP) is 10.5. The molecule has 1 atom stereocenters. The van der Waals surface area contributed by atoms with Crippen molar-refractivity contribution in [3.63, 3.8) is 0 Å². The molecule has 204 valence electrons. The Labute approximate surface area is 229 Å². The smallest absolute Gasteiger partial charge is 0.264 e. The molecule has 36 heavy (non-hydrogen) atoms. The van der Waals surface area contributed by atoms with Crippen molar-refractivity contribution < 1.29 is 8.42 Å². The van der Waals surface area contributed by atoms with Crippen LogP contribution in [-0.4, -0.2) is 15.0 Å². The minimum atomic E-state index is -3.50. The van der Waals surface area contributed by atoms with E-state index in [9.17, 15) is 8.42 Å². The van der Waals surface area contributed by atoms with Crippen LogP contribution in [0.25, 0.3) is 9.75 Å². The van der Waals surface area contributed by atoms with Crippen molar-refractivity contribution in [2.75, 3.05) is 10.8 Å². The highest BCUT2D eigenvalue weighted by Crippen LogP contribution is 2.51. The first-order valence-electron chi connectivity index (χ1n) is 14.6. The minimum Gasteiger partial charge on any atom is -0.264 e. The molecule has 2 aromatic heterocycles. The van der Waals surface area contributed by atoms with Gasteiger partial charge < -0.3 is 0 Å². The van der Waals surface area contributed by atoms with E-state index < -0.39 is 10.0 Å². The number of nitrogens with zero attached hydrogens (tertiary/aromatic N) is 1. The largest absolute Gasteiger partial charge is 0.265 e. The molecule has 0 radical (unpaired) electrons. The van der Waals surface area contributed by atoms with Gasteiger partial charge in [0.1, 0.15) is 4.90 Å². The summed E-state index contributed by atoms with van der Waals surface area (Å²) in [6.45, 7) is 9.28. The molecule has 6 heteroatoms. The maximum Gasteiger partial charge on any atom is 0.265 e. The fourth-order valence-corrected chi connectivity index (χ4v) is 9.90. The second-order valence-corrected chi connectivity index (χ2v) is 15.2. The van der Waals surface area contributed by atoms with Crippen LogP contribution in [0.15, 0.2) is 17.0 Å². The molecule has 0 saturated carbocycles. The Morgan fingerprint density at radius 2 is 1.17 bits per heavy atom. The summed E-state index contributed by atoms with van der Waals surface area (Å²) in [6, 6.07) is 4.00. The molecule has 3 nitrogen and oxygen atoms in total. The van der Waals surface area contributed by atoms with Gasteiger partial charge >= 0.3 is 0 Å². The lowest BCUT2D eigenvalue weighted by molar-refractivity contribution is 0.409. The standard InChI is InChI=1S/C30H49NO2S3/c1-5-7-9-11-13-14-16-18-20-26(19-17-15-12-10-8-6-2)23-31-27-21-24(3)34-29(27)30-28(36(31,32)33)22-25(4)35-30/h21-22,26H,5-20,23H2,1-4H3. The van der Waals surface area contributed by atoms with Crippen LogP contribution in [0.2, 0.25) is 0 Å². The molecule has 1 aliphatic heterocycles. The van der Waals surface area contributed by atoms with Crippen molar-refractivity contribution in [1.82, 2.24) is 0 Å². The molecule has 0 spiro atoms. The molecular weight excluding hydrogens is 503 g/mol. The zero-order chi connectivity index (χ0) is 26.0. The van der Waals surface area contributed by atoms with Crippen LogP contribution in [0.4, 0.5) is 5.69 Å². The molecule has 3 rings (SSSR count). The van der Waals surface area contributed by atoms with Crippen LogP contribution in [0.5, 0.6) is 0 Å². The molecular formula is C30H49NO2S3. The number of fused-ring (bicyclic) bond motifs is 3. The number of thiophene rings is 2. The summed E-state index contributed by atoms with van der Waals surface area (Å²) < 4.78 is 29.4. The third-order valence-electron chi connectivity index (χ3n) is 7.56. The lowest BCUT2D eigenvalue weighted by Gasteiger charge is -2.32. The average molecular weight is 552 g/mol. The summed E-state index contributed by atoms with van der Waals surface area (Å²) in [5.74, 6) is 0.431. The van der Waals surface area contributed by atoms with Crippen molar-refractivity contribution in [1.29, 1.82) is 0 Å². The number of anilines is 1. The lowest BCUT2D eigenvalue weighted by Crippen LogP contribution is -2.37. The zero-order valence-corrected chi connectivity index (χ0v) is 25.7. The number of rotatable bonds is 18. The van der Waals surface area contributed by atoms with Crippen molar-refractivity contribution in [3.8, 4) is 9.75 Å². The van der Waals surface area contributed by atoms with Crippen LogP contribution in [-0.2, 0) is 10.0 Å². The Morgan fingerprint density at radius 1 is 0.694 bits per heavy atom. The van der Waals surface area contributed by atoms with E-state index in [4.69, 9.17) is 0 Å². The average Bonchev–Trinajstić information content (AvgIpc) is 3.43. The zero-order valence-electron chi connectivity index (χ0n) is 23.2. The molecule has 3 heterocycles. The molecule has 0 amide bonds. The molecule has 0 N–H and O–H groups in total. The monoisotopic (exact) mass is 551 g/mol. The molecule has 0 saturated heterocycles. The first-order valence-corrected chi connectivity index (χ1v) is 17.7. The SMILES string of the molecule is CCCCCCCCCCC(CCCCCCCC)CN1c2cc(C)sc2-c2sc(C)cc2S1(=O)=O. The van der Waals surface area contributed by atoms with Crippen molar-refractivity contribution in [2.45, 2.75) is 135 Å². The Bertz CT molecular complexity index is 1020. The quantitative estimate of drug-likeness (QED) is 0.173. The van der Waals surface area contributed by atoms with E-state index in [-0.39, 0.29) is 0 Å². The molecule has 0 fully saturated rings. The Morgan fingerprint density at radius 3 is 1.72 bits per heavy atom. The summed E-state index contributed by atoms with van der Waals surface area (Å²) in [5.41, 5.74) is 0.927. The molecule has 0 bridgehead atoms. The number of hydrogen-bond acceptors (Lipinski definition) is 4. The van der Waals surface area contributed by atoms with Gasteiger partial charge in [-0.2, -0.15) is 0 Å². The Balaban J connectivity index is 1.66. The molecule has 1 unspecified atom stereocenters. The topological polar surface area (TPSA) is 37.4 Å². The molecule has 2 aromatic rings. The van der Waals surface area contributed by atoms with E-state index in [1.165, 1.54) is 94.8 Å². The Hall–Kier alpha value is -0.850. The number of hydrogen-bond donors (Lipinski definition) is 0. The summed E-state index contributed by atoms with van der Waals surface area (Å²) >= 11 is 3.37. The van der Waals surface area contributed by atoms with Crippen LogP contribution < -0.4 is 4.31 Å². The first-order chi connectivity index (χ1) is 17.4. The molecule has 0 aromatic carbocycles. The van der Waals surface area contributed by atoms with Crippen molar-refractivity contribution >= 4 is 38.4 Å². The van der Waals surface area contributed by atoms with E-state index in [0.29, 0.717) is 17.4 Å². The number of unbranched alkanes of at least 4 members (excludes halogenated alkanes) is 12. The van der Waals surface area contributed by atoms with Gasteiger partial charge in [-0.1, -0.05) is 104 Å².